The Balaban J connectivity index is 1.82. The zero-order valence-corrected chi connectivity index (χ0v) is 10.9. The molecular weight excluding hydrogens is 224 g/mol. The zero-order valence-electron chi connectivity index (χ0n) is 10.9. The van der Waals surface area contributed by atoms with Gasteiger partial charge in [-0.1, -0.05) is 12.1 Å². The molecule has 0 saturated carbocycles. The predicted octanol–water partition coefficient (Wildman–Crippen LogP) is 2.56. The largest absolute Gasteiger partial charge is 0.377 e. The van der Waals surface area contributed by atoms with Crippen molar-refractivity contribution in [2.75, 3.05) is 20.2 Å². The lowest BCUT2D eigenvalue weighted by atomic mass is 10.1. The molecule has 1 aliphatic rings. The van der Waals surface area contributed by atoms with Crippen LogP contribution in [0.25, 0.3) is 0 Å². The Kier molecular flexibility index (Phi) is 4.74. The van der Waals surface area contributed by atoms with Gasteiger partial charge in [0.2, 0.25) is 0 Å². The molecule has 2 rings (SSSR count). The van der Waals surface area contributed by atoms with E-state index >= 15 is 0 Å². The van der Waals surface area contributed by atoms with Gasteiger partial charge in [0.15, 0.2) is 0 Å². The van der Waals surface area contributed by atoms with Crippen LogP contribution in [0.5, 0.6) is 0 Å². The topological polar surface area (TPSA) is 36.3 Å². The van der Waals surface area contributed by atoms with Crippen molar-refractivity contribution in [3.63, 3.8) is 0 Å². The molecular formula is C15H20N2O. The molecule has 0 radical (unpaired) electrons. The fourth-order valence-corrected chi connectivity index (χ4v) is 2.36. The minimum atomic E-state index is 0.391. The van der Waals surface area contributed by atoms with Gasteiger partial charge in [-0.25, -0.2) is 0 Å². The Morgan fingerprint density at radius 3 is 2.72 bits per heavy atom. The summed E-state index contributed by atoms with van der Waals surface area (Å²) in [5.41, 5.74) is 1.96. The van der Waals surface area contributed by atoms with E-state index in [-0.39, 0.29) is 0 Å². The lowest BCUT2D eigenvalue weighted by Crippen LogP contribution is -2.33. The van der Waals surface area contributed by atoms with Crippen molar-refractivity contribution in [3.8, 4) is 6.07 Å². The Bertz CT molecular complexity index is 401. The maximum atomic E-state index is 8.75. The van der Waals surface area contributed by atoms with Crippen LogP contribution in [0.15, 0.2) is 24.3 Å². The lowest BCUT2D eigenvalue weighted by molar-refractivity contribution is -0.00259. The first-order chi connectivity index (χ1) is 8.78. The molecule has 1 atom stereocenters. The van der Waals surface area contributed by atoms with Gasteiger partial charge in [0, 0.05) is 19.7 Å². The summed E-state index contributed by atoms with van der Waals surface area (Å²) in [7, 11) is 2.12. The van der Waals surface area contributed by atoms with Crippen LogP contribution in [0.4, 0.5) is 0 Å². The maximum absolute atomic E-state index is 8.75. The van der Waals surface area contributed by atoms with Gasteiger partial charge in [0.25, 0.3) is 0 Å². The van der Waals surface area contributed by atoms with Crippen LogP contribution in [0.3, 0.4) is 0 Å². The highest BCUT2D eigenvalue weighted by atomic mass is 16.5. The molecule has 96 valence electrons. The third-order valence-electron chi connectivity index (χ3n) is 3.32. The fraction of sp³-hybridized carbons (Fsp3) is 0.533. The monoisotopic (exact) mass is 244 g/mol. The van der Waals surface area contributed by atoms with Crippen LogP contribution in [-0.4, -0.2) is 31.2 Å². The Hall–Kier alpha value is -1.37. The molecule has 0 aliphatic carbocycles. The summed E-state index contributed by atoms with van der Waals surface area (Å²) in [6, 6.07) is 9.94. The molecule has 1 fully saturated rings. The van der Waals surface area contributed by atoms with Gasteiger partial charge in [-0.2, -0.15) is 5.26 Å². The number of likely N-dealkylation sites (N-methyl/N-ethyl adjacent to an activating group) is 1. The van der Waals surface area contributed by atoms with Crippen LogP contribution in [-0.2, 0) is 11.3 Å². The molecule has 0 unspecified atom stereocenters. The van der Waals surface area contributed by atoms with Crippen molar-refractivity contribution in [1.82, 2.24) is 4.90 Å². The van der Waals surface area contributed by atoms with Gasteiger partial charge in [0.05, 0.1) is 17.7 Å². The zero-order chi connectivity index (χ0) is 12.8. The van der Waals surface area contributed by atoms with Crippen molar-refractivity contribution in [1.29, 1.82) is 5.26 Å². The number of rotatable bonds is 4. The summed E-state index contributed by atoms with van der Waals surface area (Å²) in [4.78, 5) is 2.29. The highest BCUT2D eigenvalue weighted by molar-refractivity contribution is 5.31. The molecule has 3 nitrogen and oxygen atoms in total. The maximum Gasteiger partial charge on any atom is 0.0991 e. The molecule has 18 heavy (non-hydrogen) atoms. The Labute approximate surface area is 109 Å². The average molecular weight is 244 g/mol. The summed E-state index contributed by atoms with van der Waals surface area (Å²) in [6.07, 6.45) is 4.06. The summed E-state index contributed by atoms with van der Waals surface area (Å²) in [5.74, 6) is 0. The standard InChI is InChI=1S/C15H20N2O/c1-17(12-15-4-2-3-9-18-15)11-14-7-5-13(10-16)6-8-14/h5-8,15H,2-4,9,11-12H2,1H3/t15-/m1/s1. The van der Waals surface area contributed by atoms with Crippen LogP contribution < -0.4 is 0 Å². The molecule has 1 saturated heterocycles. The van der Waals surface area contributed by atoms with E-state index in [1.807, 2.05) is 24.3 Å². The van der Waals surface area contributed by atoms with E-state index in [9.17, 15) is 0 Å². The number of nitriles is 1. The van der Waals surface area contributed by atoms with Crippen molar-refractivity contribution < 1.29 is 4.74 Å². The van der Waals surface area contributed by atoms with Gasteiger partial charge in [-0.05, 0) is 44.0 Å². The third kappa shape index (κ3) is 3.83. The van der Waals surface area contributed by atoms with Crippen molar-refractivity contribution >= 4 is 0 Å². The summed E-state index contributed by atoms with van der Waals surface area (Å²) in [5, 5.41) is 8.75. The predicted molar refractivity (Wildman–Crippen MR) is 71.1 cm³/mol. The Morgan fingerprint density at radius 2 is 2.11 bits per heavy atom. The molecule has 1 aliphatic heterocycles. The molecule has 0 aromatic heterocycles. The highest BCUT2D eigenvalue weighted by Crippen LogP contribution is 2.14. The van der Waals surface area contributed by atoms with Crippen molar-refractivity contribution in [2.24, 2.45) is 0 Å². The van der Waals surface area contributed by atoms with Crippen LogP contribution >= 0.6 is 0 Å². The SMILES string of the molecule is CN(Cc1ccc(C#N)cc1)C[C@H]1CCCCO1. The number of nitrogens with zero attached hydrogens (tertiary/aromatic N) is 2. The first kappa shape index (κ1) is 13.1. The third-order valence-corrected chi connectivity index (χ3v) is 3.32. The van der Waals surface area contributed by atoms with Gasteiger partial charge >= 0.3 is 0 Å². The summed E-state index contributed by atoms with van der Waals surface area (Å²) in [6.45, 7) is 2.81. The summed E-state index contributed by atoms with van der Waals surface area (Å²) >= 11 is 0. The average Bonchev–Trinajstić information content (AvgIpc) is 2.40. The molecule has 1 aromatic carbocycles. The molecule has 1 heterocycles. The Morgan fingerprint density at radius 1 is 1.33 bits per heavy atom. The number of hydrogen-bond acceptors (Lipinski definition) is 3. The number of benzene rings is 1. The van der Waals surface area contributed by atoms with E-state index in [4.69, 9.17) is 10.00 Å². The quantitative estimate of drug-likeness (QED) is 0.816. The first-order valence-electron chi connectivity index (χ1n) is 6.57. The first-order valence-corrected chi connectivity index (χ1v) is 6.57. The van der Waals surface area contributed by atoms with Gasteiger partial charge in [-0.3, -0.25) is 4.90 Å². The van der Waals surface area contributed by atoms with E-state index in [0.29, 0.717) is 6.10 Å². The molecule has 3 heteroatoms. The van der Waals surface area contributed by atoms with E-state index in [2.05, 4.69) is 18.0 Å². The van der Waals surface area contributed by atoms with Gasteiger partial charge in [-0.15, -0.1) is 0 Å². The van der Waals surface area contributed by atoms with Crippen LogP contribution in [0.2, 0.25) is 0 Å². The molecule has 0 N–H and O–H groups in total. The second-order valence-electron chi connectivity index (χ2n) is 4.99. The van der Waals surface area contributed by atoms with Crippen LogP contribution in [0.1, 0.15) is 30.4 Å². The molecule has 0 spiro atoms. The molecule has 0 amide bonds. The van der Waals surface area contributed by atoms with Crippen LogP contribution in [0, 0.1) is 11.3 Å². The van der Waals surface area contributed by atoms with Gasteiger partial charge < -0.3 is 4.74 Å². The van der Waals surface area contributed by atoms with E-state index < -0.39 is 0 Å². The van der Waals surface area contributed by atoms with Crippen molar-refractivity contribution in [3.05, 3.63) is 35.4 Å². The highest BCUT2D eigenvalue weighted by Gasteiger charge is 2.15. The van der Waals surface area contributed by atoms with E-state index in [1.165, 1.54) is 24.8 Å². The lowest BCUT2D eigenvalue weighted by Gasteiger charge is -2.27. The van der Waals surface area contributed by atoms with Gasteiger partial charge in [0.1, 0.15) is 0 Å². The van der Waals surface area contributed by atoms with Crippen molar-refractivity contribution in [2.45, 2.75) is 31.9 Å². The van der Waals surface area contributed by atoms with E-state index in [0.717, 1.165) is 25.3 Å². The minimum Gasteiger partial charge on any atom is -0.377 e. The summed E-state index contributed by atoms with van der Waals surface area (Å²) < 4.78 is 5.74. The number of hydrogen-bond donors (Lipinski definition) is 0. The number of ether oxygens (including phenoxy) is 1. The fourth-order valence-electron chi connectivity index (χ4n) is 2.36. The second kappa shape index (κ2) is 6.53. The van der Waals surface area contributed by atoms with E-state index in [1.54, 1.807) is 0 Å². The normalized spacial score (nSPS) is 19.7. The molecule has 0 bridgehead atoms. The smallest absolute Gasteiger partial charge is 0.0991 e. The second-order valence-corrected chi connectivity index (χ2v) is 4.99. The minimum absolute atomic E-state index is 0.391. The molecule has 1 aromatic rings.